The van der Waals surface area contributed by atoms with Crippen molar-refractivity contribution < 1.29 is 22.5 Å². The largest absolute Gasteiger partial charge is 0.354 e. The summed E-state index contributed by atoms with van der Waals surface area (Å²) < 4.78 is 45.4. The third-order valence-electron chi connectivity index (χ3n) is 4.63. The van der Waals surface area contributed by atoms with Crippen LogP contribution in [0.1, 0.15) is 29.2 Å². The van der Waals surface area contributed by atoms with Gasteiger partial charge in [0.25, 0.3) is 0 Å². The fourth-order valence-electron chi connectivity index (χ4n) is 3.27. The van der Waals surface area contributed by atoms with Gasteiger partial charge in [0.1, 0.15) is 5.69 Å². The number of carbonyl (C=O) groups excluding carboxylic acids is 1. The molecule has 0 fully saturated rings. The van der Waals surface area contributed by atoms with Gasteiger partial charge in [-0.2, -0.15) is 0 Å². The van der Waals surface area contributed by atoms with Crippen molar-refractivity contribution in [3.63, 3.8) is 0 Å². The van der Waals surface area contributed by atoms with Crippen LogP contribution >= 0.6 is 11.3 Å². The lowest BCUT2D eigenvalue weighted by atomic mass is 9.97. The van der Waals surface area contributed by atoms with Crippen molar-refractivity contribution >= 4 is 23.1 Å². The van der Waals surface area contributed by atoms with Crippen LogP contribution in [-0.4, -0.2) is 27.6 Å². The Bertz CT molecular complexity index is 1040. The van der Waals surface area contributed by atoms with Crippen molar-refractivity contribution in [2.45, 2.75) is 26.3 Å². The second-order valence-electron chi connectivity index (χ2n) is 6.43. The number of hydrogen-bond acceptors (Lipinski definition) is 5. The van der Waals surface area contributed by atoms with Crippen molar-refractivity contribution in [2.75, 3.05) is 11.9 Å². The molecule has 146 valence electrons. The van der Waals surface area contributed by atoms with Crippen LogP contribution in [0, 0.1) is 24.4 Å². The number of thiazole rings is 1. The number of urea groups is 1. The number of anilines is 1. The molecule has 1 aliphatic heterocycles. The van der Waals surface area contributed by atoms with Crippen molar-refractivity contribution in [3.8, 4) is 11.5 Å². The minimum absolute atomic E-state index is 0.167. The Morgan fingerprint density at radius 2 is 2.04 bits per heavy atom. The number of nitrogens with one attached hydrogen (secondary N) is 1. The van der Waals surface area contributed by atoms with Crippen molar-refractivity contribution in [1.29, 1.82) is 0 Å². The normalized spacial score (nSPS) is 16.2. The lowest BCUT2D eigenvalue weighted by Gasteiger charge is -2.33. The molecule has 0 bridgehead atoms. The number of carbonyl (C=O) groups is 1. The highest BCUT2D eigenvalue weighted by atomic mass is 32.1. The van der Waals surface area contributed by atoms with E-state index in [9.17, 15) is 18.0 Å². The number of rotatable bonds is 2. The Labute approximate surface area is 162 Å². The summed E-state index contributed by atoms with van der Waals surface area (Å²) >= 11 is 1.47. The SMILES string of the molecule is Cc1nc(-c2onc3c2C(C)N(C(=O)Nc2cc(F)c(F)c(F)c2)CC3)cs1. The van der Waals surface area contributed by atoms with E-state index < -0.39 is 29.5 Å². The first-order chi connectivity index (χ1) is 13.3. The topological polar surface area (TPSA) is 71.3 Å². The number of aryl methyl sites for hydroxylation is 1. The summed E-state index contributed by atoms with van der Waals surface area (Å²) in [7, 11) is 0. The van der Waals surface area contributed by atoms with Crippen LogP contribution in [0.25, 0.3) is 11.5 Å². The molecule has 4 rings (SSSR count). The maximum absolute atomic E-state index is 13.4. The van der Waals surface area contributed by atoms with Crippen LogP contribution in [0.15, 0.2) is 22.0 Å². The zero-order valence-corrected chi connectivity index (χ0v) is 15.7. The van der Waals surface area contributed by atoms with Crippen LogP contribution in [-0.2, 0) is 6.42 Å². The van der Waals surface area contributed by atoms with Crippen LogP contribution in [0.3, 0.4) is 0 Å². The molecule has 0 spiro atoms. The molecule has 2 aromatic heterocycles. The number of hydrogen-bond donors (Lipinski definition) is 1. The fourth-order valence-corrected chi connectivity index (χ4v) is 3.86. The minimum atomic E-state index is -1.58. The molecule has 1 N–H and O–H groups in total. The average Bonchev–Trinajstić information content (AvgIpc) is 3.26. The Morgan fingerprint density at radius 1 is 1.32 bits per heavy atom. The maximum atomic E-state index is 13.4. The van der Waals surface area contributed by atoms with E-state index in [0.29, 0.717) is 24.4 Å². The lowest BCUT2D eigenvalue weighted by molar-refractivity contribution is 0.188. The van der Waals surface area contributed by atoms with Crippen molar-refractivity contribution in [2.24, 2.45) is 0 Å². The Kier molecular flexibility index (Phi) is 4.58. The van der Waals surface area contributed by atoms with Crippen LogP contribution < -0.4 is 5.32 Å². The van der Waals surface area contributed by atoms with Gasteiger partial charge >= 0.3 is 6.03 Å². The first-order valence-corrected chi connectivity index (χ1v) is 9.36. The summed E-state index contributed by atoms with van der Waals surface area (Å²) in [5.74, 6) is -3.82. The molecule has 28 heavy (non-hydrogen) atoms. The van der Waals surface area contributed by atoms with Gasteiger partial charge in [-0.25, -0.2) is 22.9 Å². The summed E-state index contributed by atoms with van der Waals surface area (Å²) in [6.45, 7) is 4.03. The number of benzene rings is 1. The highest BCUT2D eigenvalue weighted by Gasteiger charge is 2.34. The van der Waals surface area contributed by atoms with E-state index in [4.69, 9.17) is 4.52 Å². The van der Waals surface area contributed by atoms with Gasteiger partial charge < -0.3 is 14.7 Å². The molecule has 0 saturated carbocycles. The molecule has 1 aromatic carbocycles. The molecule has 1 atom stereocenters. The zero-order valence-electron chi connectivity index (χ0n) is 14.9. The lowest BCUT2D eigenvalue weighted by Crippen LogP contribution is -2.41. The average molecular weight is 408 g/mol. The second kappa shape index (κ2) is 6.93. The summed E-state index contributed by atoms with van der Waals surface area (Å²) in [6, 6.07) is 0.505. The van der Waals surface area contributed by atoms with E-state index in [1.165, 1.54) is 16.2 Å². The number of aromatic nitrogens is 2. The minimum Gasteiger partial charge on any atom is -0.354 e. The van der Waals surface area contributed by atoms with E-state index >= 15 is 0 Å². The monoisotopic (exact) mass is 408 g/mol. The Balaban J connectivity index is 1.60. The van der Waals surface area contributed by atoms with E-state index in [1.54, 1.807) is 0 Å². The smallest absolute Gasteiger partial charge is 0.322 e. The fraction of sp³-hybridized carbons (Fsp3) is 0.278. The summed E-state index contributed by atoms with van der Waals surface area (Å²) in [6.07, 6.45) is 0.464. The molecule has 1 unspecified atom stereocenters. The number of fused-ring (bicyclic) bond motifs is 1. The molecule has 2 amide bonds. The van der Waals surface area contributed by atoms with Crippen molar-refractivity contribution in [3.05, 3.63) is 51.2 Å². The van der Waals surface area contributed by atoms with Crippen LogP contribution in [0.4, 0.5) is 23.7 Å². The van der Waals surface area contributed by atoms with Gasteiger partial charge in [0.15, 0.2) is 23.2 Å². The molecule has 6 nitrogen and oxygen atoms in total. The van der Waals surface area contributed by atoms with Gasteiger partial charge in [-0.3, -0.25) is 0 Å². The van der Waals surface area contributed by atoms with Crippen molar-refractivity contribution in [1.82, 2.24) is 15.0 Å². The first kappa shape index (κ1) is 18.5. The predicted octanol–water partition coefficient (Wildman–Crippen LogP) is 4.68. The zero-order chi connectivity index (χ0) is 20.0. The van der Waals surface area contributed by atoms with Gasteiger partial charge in [0, 0.05) is 41.7 Å². The third-order valence-corrected chi connectivity index (χ3v) is 5.40. The molecule has 0 aliphatic carbocycles. The Morgan fingerprint density at radius 3 is 2.68 bits per heavy atom. The molecular weight excluding hydrogens is 393 g/mol. The van der Waals surface area contributed by atoms with Gasteiger partial charge in [-0.05, 0) is 13.8 Å². The van der Waals surface area contributed by atoms with Gasteiger partial charge in [-0.1, -0.05) is 5.16 Å². The second-order valence-corrected chi connectivity index (χ2v) is 7.49. The molecule has 0 saturated heterocycles. The summed E-state index contributed by atoms with van der Waals surface area (Å²) in [4.78, 5) is 18.6. The molecule has 3 heterocycles. The van der Waals surface area contributed by atoms with Gasteiger partial charge in [0.05, 0.1) is 16.7 Å². The quantitative estimate of drug-likeness (QED) is 0.626. The van der Waals surface area contributed by atoms with E-state index in [1.807, 2.05) is 19.2 Å². The van der Waals surface area contributed by atoms with Gasteiger partial charge in [-0.15, -0.1) is 11.3 Å². The first-order valence-electron chi connectivity index (χ1n) is 8.48. The molecule has 1 aliphatic rings. The highest BCUT2D eigenvalue weighted by molar-refractivity contribution is 7.09. The van der Waals surface area contributed by atoms with Gasteiger partial charge in [0.2, 0.25) is 0 Å². The molecule has 3 aromatic rings. The standard InChI is InChI=1S/C18H15F3N4O2S/c1-8-15-13(24-27-17(15)14-7-28-9(2)22-14)3-4-25(8)18(26)23-10-5-11(19)16(21)12(20)6-10/h5-8H,3-4H2,1-2H3,(H,23,26). The maximum Gasteiger partial charge on any atom is 0.322 e. The molecular formula is C18H15F3N4O2S. The van der Waals surface area contributed by atoms with Crippen LogP contribution in [0.2, 0.25) is 0 Å². The summed E-state index contributed by atoms with van der Waals surface area (Å²) in [5, 5.41) is 9.23. The highest BCUT2D eigenvalue weighted by Crippen LogP contribution is 2.37. The van der Waals surface area contributed by atoms with E-state index in [-0.39, 0.29) is 5.69 Å². The predicted molar refractivity (Wildman–Crippen MR) is 96.5 cm³/mol. The molecule has 0 radical (unpaired) electrons. The molecule has 10 heteroatoms. The van der Waals surface area contributed by atoms with Crippen LogP contribution in [0.5, 0.6) is 0 Å². The number of amides is 2. The van der Waals surface area contributed by atoms with E-state index in [2.05, 4.69) is 15.5 Å². The number of halogens is 3. The summed E-state index contributed by atoms with van der Waals surface area (Å²) in [5.41, 5.74) is 1.98. The number of nitrogens with zero attached hydrogens (tertiary/aromatic N) is 3. The Hall–Kier alpha value is -2.88. The van der Waals surface area contributed by atoms with E-state index in [0.717, 1.165) is 28.4 Å². The third kappa shape index (κ3) is 3.13.